The number of rotatable bonds is 1. The lowest BCUT2D eigenvalue weighted by Crippen LogP contribution is -2.13. The molecule has 6 heavy (non-hydrogen) atoms. The van der Waals surface area contributed by atoms with Gasteiger partial charge in [0.05, 0.1) is 5.60 Å². The first kappa shape index (κ1) is 5.70. The van der Waals surface area contributed by atoms with Gasteiger partial charge in [0.2, 0.25) is 0 Å². The molecule has 0 aromatic heterocycles. The molecule has 35 valence electrons. The van der Waals surface area contributed by atoms with Crippen LogP contribution >= 0.6 is 0 Å². The molecule has 1 N–H and O–H groups in total. The summed E-state index contributed by atoms with van der Waals surface area (Å²) in [6.45, 7) is 8.22. The quantitative estimate of drug-likeness (QED) is 0.466. The van der Waals surface area contributed by atoms with Crippen LogP contribution in [0.25, 0.3) is 0 Å². The van der Waals surface area contributed by atoms with Crippen LogP contribution in [0.15, 0.2) is 12.7 Å². The summed E-state index contributed by atoms with van der Waals surface area (Å²) >= 11 is 0. The van der Waals surface area contributed by atoms with Crippen LogP contribution in [0.4, 0.5) is 0 Å². The molecule has 0 amide bonds. The van der Waals surface area contributed by atoms with E-state index in [0.29, 0.717) is 0 Å². The van der Waals surface area contributed by atoms with Crippen LogP contribution in [-0.4, -0.2) is 10.7 Å². The van der Waals surface area contributed by atoms with Crippen LogP contribution in [0.2, 0.25) is 0 Å². The topological polar surface area (TPSA) is 20.2 Å². The van der Waals surface area contributed by atoms with Crippen molar-refractivity contribution in [2.75, 3.05) is 0 Å². The smallest absolute Gasteiger partial charge is 0.0798 e. The van der Waals surface area contributed by atoms with Gasteiger partial charge in [0, 0.05) is 0 Å². The lowest BCUT2D eigenvalue weighted by Gasteiger charge is -2.06. The molecule has 0 heterocycles. The van der Waals surface area contributed by atoms with Crippen LogP contribution in [0.1, 0.15) is 6.92 Å². The molecule has 0 fully saturated rings. The van der Waals surface area contributed by atoms with Crippen molar-refractivity contribution in [1.82, 2.24) is 0 Å². The van der Waals surface area contributed by atoms with Crippen molar-refractivity contribution in [3.8, 4) is 0 Å². The highest BCUT2D eigenvalue weighted by Crippen LogP contribution is 1.97. The molecule has 0 aromatic rings. The Morgan fingerprint density at radius 3 is 2.00 bits per heavy atom. The van der Waals surface area contributed by atoms with Gasteiger partial charge in [-0.05, 0) is 13.8 Å². The Bertz CT molecular complexity index is 49.4. The third-order valence-electron chi connectivity index (χ3n) is 0.440. The summed E-state index contributed by atoms with van der Waals surface area (Å²) in [5.41, 5.74) is -0.944. The molecule has 0 aliphatic heterocycles. The minimum absolute atomic E-state index is 0.944. The number of aliphatic hydroxyl groups is 1. The maximum absolute atomic E-state index is 8.60. The molecular weight excluding hydrogens is 76.1 g/mol. The molecular formula is C5H9O. The highest BCUT2D eigenvalue weighted by molar-refractivity contribution is 4.93. The van der Waals surface area contributed by atoms with Crippen LogP contribution in [-0.2, 0) is 0 Å². The third-order valence-corrected chi connectivity index (χ3v) is 0.440. The van der Waals surface area contributed by atoms with Crippen LogP contribution < -0.4 is 0 Å². The number of hydrogen-bond donors (Lipinski definition) is 1. The van der Waals surface area contributed by atoms with Crippen LogP contribution in [0.3, 0.4) is 0 Å². The molecule has 1 radical (unpaired) electrons. The number of hydrogen-bond acceptors (Lipinski definition) is 1. The Kier molecular flexibility index (Phi) is 1.36. The van der Waals surface area contributed by atoms with Gasteiger partial charge in [-0.1, -0.05) is 6.08 Å². The highest BCUT2D eigenvalue weighted by atomic mass is 16.3. The zero-order chi connectivity index (χ0) is 5.21. The molecule has 1 heteroatoms. The Morgan fingerprint density at radius 1 is 1.83 bits per heavy atom. The summed E-state index contributed by atoms with van der Waals surface area (Å²) in [6, 6.07) is 0. The zero-order valence-corrected chi connectivity index (χ0v) is 3.94. The summed E-state index contributed by atoms with van der Waals surface area (Å²) in [5.74, 6) is 0. The van der Waals surface area contributed by atoms with Gasteiger partial charge in [-0.15, -0.1) is 6.58 Å². The summed E-state index contributed by atoms with van der Waals surface area (Å²) < 4.78 is 0. The second kappa shape index (κ2) is 1.43. The van der Waals surface area contributed by atoms with Gasteiger partial charge >= 0.3 is 0 Å². The van der Waals surface area contributed by atoms with Gasteiger partial charge in [-0.3, -0.25) is 0 Å². The van der Waals surface area contributed by atoms with Crippen LogP contribution in [0.5, 0.6) is 0 Å². The minimum Gasteiger partial charge on any atom is -0.386 e. The summed E-state index contributed by atoms with van der Waals surface area (Å²) in [6.07, 6.45) is 1.38. The standard InChI is InChI=1S/C5H9O/c1-4-5(2,3)6/h4,6H,1-2H2,3H3. The molecule has 1 atom stereocenters. The van der Waals surface area contributed by atoms with Crippen LogP contribution in [0, 0.1) is 6.92 Å². The van der Waals surface area contributed by atoms with E-state index in [4.69, 9.17) is 5.11 Å². The molecule has 0 bridgehead atoms. The molecule has 1 unspecified atom stereocenters. The molecule has 0 aliphatic carbocycles. The predicted octanol–water partition coefficient (Wildman–Crippen LogP) is 0.757. The van der Waals surface area contributed by atoms with Crippen molar-refractivity contribution in [1.29, 1.82) is 0 Å². The van der Waals surface area contributed by atoms with Gasteiger partial charge in [0.15, 0.2) is 0 Å². The first-order valence-corrected chi connectivity index (χ1v) is 1.77. The fourth-order valence-corrected chi connectivity index (χ4v) is 0. The summed E-state index contributed by atoms with van der Waals surface area (Å²) in [4.78, 5) is 0. The fraction of sp³-hybridized carbons (Fsp3) is 0.400. The summed E-state index contributed by atoms with van der Waals surface area (Å²) in [7, 11) is 0. The van der Waals surface area contributed by atoms with Gasteiger partial charge in [-0.2, -0.15) is 0 Å². The van der Waals surface area contributed by atoms with E-state index < -0.39 is 5.60 Å². The van der Waals surface area contributed by atoms with Gasteiger partial charge in [0.1, 0.15) is 0 Å². The Morgan fingerprint density at radius 2 is 2.00 bits per heavy atom. The van der Waals surface area contributed by atoms with Gasteiger partial charge < -0.3 is 5.11 Å². The van der Waals surface area contributed by atoms with Crippen molar-refractivity contribution in [2.45, 2.75) is 12.5 Å². The first-order valence-electron chi connectivity index (χ1n) is 1.77. The van der Waals surface area contributed by atoms with Crippen molar-refractivity contribution in [3.05, 3.63) is 19.6 Å². The Labute approximate surface area is 38.3 Å². The van der Waals surface area contributed by atoms with E-state index >= 15 is 0 Å². The zero-order valence-electron chi connectivity index (χ0n) is 3.94. The van der Waals surface area contributed by atoms with Crippen molar-refractivity contribution in [3.63, 3.8) is 0 Å². The predicted molar refractivity (Wildman–Crippen MR) is 26.2 cm³/mol. The molecule has 1 nitrogen and oxygen atoms in total. The Hall–Kier alpha value is -0.300. The third kappa shape index (κ3) is 3.70. The lowest BCUT2D eigenvalue weighted by molar-refractivity contribution is 0.161. The molecule has 0 saturated heterocycles. The van der Waals surface area contributed by atoms with E-state index in [2.05, 4.69) is 13.5 Å². The van der Waals surface area contributed by atoms with E-state index in [-0.39, 0.29) is 0 Å². The van der Waals surface area contributed by atoms with E-state index in [1.54, 1.807) is 6.92 Å². The normalized spacial score (nSPS) is 11.2. The molecule has 0 spiro atoms. The van der Waals surface area contributed by atoms with Crippen molar-refractivity contribution >= 4 is 0 Å². The van der Waals surface area contributed by atoms with Crippen molar-refractivity contribution in [2.24, 2.45) is 0 Å². The maximum atomic E-state index is 8.60. The average Bonchev–Trinajstić information content (AvgIpc) is 1.35. The van der Waals surface area contributed by atoms with Gasteiger partial charge in [0.25, 0.3) is 0 Å². The highest BCUT2D eigenvalue weighted by Gasteiger charge is 2.02. The SMILES string of the molecule is [CH2]C(C)(O)C=C. The lowest BCUT2D eigenvalue weighted by atomic mass is 10.1. The largest absolute Gasteiger partial charge is 0.386 e. The van der Waals surface area contributed by atoms with E-state index in [0.717, 1.165) is 0 Å². The second-order valence-corrected chi connectivity index (χ2v) is 1.56. The minimum atomic E-state index is -0.944. The Balaban J connectivity index is 3.45. The second-order valence-electron chi connectivity index (χ2n) is 1.56. The maximum Gasteiger partial charge on any atom is 0.0798 e. The van der Waals surface area contributed by atoms with Crippen molar-refractivity contribution < 1.29 is 5.11 Å². The molecule has 0 rings (SSSR count). The fourth-order valence-electron chi connectivity index (χ4n) is 0. The molecule has 0 aliphatic rings. The first-order chi connectivity index (χ1) is 2.56. The summed E-state index contributed by atoms with van der Waals surface area (Å²) in [5, 5.41) is 8.60. The van der Waals surface area contributed by atoms with E-state index in [1.165, 1.54) is 6.08 Å². The monoisotopic (exact) mass is 85.1 g/mol. The average molecular weight is 85.1 g/mol. The van der Waals surface area contributed by atoms with Gasteiger partial charge in [-0.25, -0.2) is 0 Å². The molecule has 0 aromatic carbocycles. The molecule has 0 saturated carbocycles. The van der Waals surface area contributed by atoms with E-state index in [9.17, 15) is 0 Å². The van der Waals surface area contributed by atoms with E-state index in [1.807, 2.05) is 0 Å².